The number of nitrogens with two attached hydrogens (primary N) is 1. The van der Waals surface area contributed by atoms with E-state index in [0.29, 0.717) is 19.1 Å². The molecule has 2 unspecified atom stereocenters. The van der Waals surface area contributed by atoms with Crippen LogP contribution in [0.5, 0.6) is 0 Å². The number of hydrogen-bond donors (Lipinski definition) is 1. The van der Waals surface area contributed by atoms with E-state index in [0.717, 1.165) is 5.82 Å². The molecule has 78 valence electrons. The first-order valence-corrected chi connectivity index (χ1v) is 4.85. The lowest BCUT2D eigenvalue weighted by molar-refractivity contribution is 0.187. The van der Waals surface area contributed by atoms with Crippen LogP contribution in [0.4, 0.5) is 0 Å². The Kier molecular flexibility index (Phi) is 2.52. The van der Waals surface area contributed by atoms with Gasteiger partial charge in [-0.2, -0.15) is 4.98 Å². The molecule has 5 heteroatoms. The van der Waals surface area contributed by atoms with Crippen LogP contribution in [0.3, 0.4) is 0 Å². The number of aromatic nitrogens is 2. The summed E-state index contributed by atoms with van der Waals surface area (Å²) >= 11 is 0. The Bertz CT molecular complexity index is 311. The standard InChI is InChI=1S/C9H15N3O2/c1-5(2)8-11-9(14-12-8)6-3-13-4-7(6)10/h5-7H,3-4,10H2,1-2H3. The van der Waals surface area contributed by atoms with E-state index in [4.69, 9.17) is 15.0 Å². The number of nitrogens with zero attached hydrogens (tertiary/aromatic N) is 2. The van der Waals surface area contributed by atoms with Gasteiger partial charge >= 0.3 is 0 Å². The van der Waals surface area contributed by atoms with Crippen molar-refractivity contribution in [1.29, 1.82) is 0 Å². The number of ether oxygens (including phenoxy) is 1. The smallest absolute Gasteiger partial charge is 0.233 e. The molecule has 1 fully saturated rings. The van der Waals surface area contributed by atoms with Gasteiger partial charge in [0.1, 0.15) is 0 Å². The van der Waals surface area contributed by atoms with Crippen molar-refractivity contribution in [3.8, 4) is 0 Å². The van der Waals surface area contributed by atoms with Crippen LogP contribution in [0.15, 0.2) is 4.52 Å². The van der Waals surface area contributed by atoms with Gasteiger partial charge < -0.3 is 15.0 Å². The van der Waals surface area contributed by atoms with Crippen LogP contribution in [0.25, 0.3) is 0 Å². The summed E-state index contributed by atoms with van der Waals surface area (Å²) in [7, 11) is 0. The van der Waals surface area contributed by atoms with Crippen molar-refractivity contribution in [2.24, 2.45) is 5.73 Å². The van der Waals surface area contributed by atoms with Crippen molar-refractivity contribution < 1.29 is 9.26 Å². The summed E-state index contributed by atoms with van der Waals surface area (Å²) < 4.78 is 10.4. The van der Waals surface area contributed by atoms with Gasteiger partial charge in [0.25, 0.3) is 0 Å². The van der Waals surface area contributed by atoms with Gasteiger partial charge in [-0.15, -0.1) is 0 Å². The van der Waals surface area contributed by atoms with E-state index in [1.807, 2.05) is 13.8 Å². The van der Waals surface area contributed by atoms with Gasteiger partial charge in [0.2, 0.25) is 5.89 Å². The van der Waals surface area contributed by atoms with Crippen LogP contribution in [-0.4, -0.2) is 29.4 Å². The Morgan fingerprint density at radius 2 is 2.21 bits per heavy atom. The van der Waals surface area contributed by atoms with Crippen molar-refractivity contribution in [3.05, 3.63) is 11.7 Å². The molecule has 0 amide bonds. The molecule has 2 heterocycles. The third-order valence-corrected chi connectivity index (χ3v) is 2.42. The van der Waals surface area contributed by atoms with Crippen LogP contribution in [0.2, 0.25) is 0 Å². The molecule has 1 aliphatic rings. The Morgan fingerprint density at radius 3 is 2.71 bits per heavy atom. The Morgan fingerprint density at radius 1 is 1.43 bits per heavy atom. The molecule has 2 atom stereocenters. The monoisotopic (exact) mass is 197 g/mol. The molecule has 0 aliphatic carbocycles. The molecule has 1 aromatic rings. The highest BCUT2D eigenvalue weighted by molar-refractivity contribution is 5.02. The third kappa shape index (κ3) is 1.65. The second-order valence-electron chi connectivity index (χ2n) is 3.95. The Hall–Kier alpha value is -0.940. The second kappa shape index (κ2) is 3.67. The molecule has 2 rings (SSSR count). The summed E-state index contributed by atoms with van der Waals surface area (Å²) in [6.07, 6.45) is 0. The zero-order valence-electron chi connectivity index (χ0n) is 8.43. The summed E-state index contributed by atoms with van der Waals surface area (Å²) in [5, 5.41) is 3.90. The highest BCUT2D eigenvalue weighted by atomic mass is 16.5. The predicted molar refractivity (Wildman–Crippen MR) is 49.9 cm³/mol. The maximum Gasteiger partial charge on any atom is 0.233 e. The minimum absolute atomic E-state index is 0.0181. The van der Waals surface area contributed by atoms with Crippen LogP contribution in [0, 0.1) is 0 Å². The van der Waals surface area contributed by atoms with Gasteiger partial charge in [-0.25, -0.2) is 0 Å². The molecule has 1 aliphatic heterocycles. The average Bonchev–Trinajstić information content (AvgIpc) is 2.71. The van der Waals surface area contributed by atoms with Crippen molar-refractivity contribution in [2.45, 2.75) is 31.7 Å². The van der Waals surface area contributed by atoms with E-state index in [9.17, 15) is 0 Å². The summed E-state index contributed by atoms with van der Waals surface area (Å²) in [5.74, 6) is 1.69. The molecule has 5 nitrogen and oxygen atoms in total. The molecule has 0 saturated carbocycles. The predicted octanol–water partition coefficient (Wildman–Crippen LogP) is 0.634. The first-order valence-electron chi connectivity index (χ1n) is 4.85. The number of rotatable bonds is 2. The topological polar surface area (TPSA) is 74.2 Å². The average molecular weight is 197 g/mol. The lowest BCUT2D eigenvalue weighted by Gasteiger charge is -2.06. The molecule has 0 radical (unpaired) electrons. The molecule has 1 saturated heterocycles. The highest BCUT2D eigenvalue weighted by Crippen LogP contribution is 2.24. The van der Waals surface area contributed by atoms with E-state index < -0.39 is 0 Å². The minimum atomic E-state index is -0.0181. The lowest BCUT2D eigenvalue weighted by atomic mass is 10.1. The first-order chi connectivity index (χ1) is 6.68. The molecule has 1 aromatic heterocycles. The normalized spacial score (nSPS) is 27.4. The molecular formula is C9H15N3O2. The van der Waals surface area contributed by atoms with Gasteiger partial charge in [-0.3, -0.25) is 0 Å². The Balaban J connectivity index is 2.16. The van der Waals surface area contributed by atoms with E-state index in [1.165, 1.54) is 0 Å². The molecule has 14 heavy (non-hydrogen) atoms. The van der Waals surface area contributed by atoms with Crippen LogP contribution in [-0.2, 0) is 4.74 Å². The van der Waals surface area contributed by atoms with E-state index in [-0.39, 0.29) is 17.9 Å². The van der Waals surface area contributed by atoms with Gasteiger partial charge in [0, 0.05) is 12.0 Å². The van der Waals surface area contributed by atoms with Crippen molar-refractivity contribution in [2.75, 3.05) is 13.2 Å². The summed E-state index contributed by atoms with van der Waals surface area (Å²) in [6.45, 7) is 5.21. The van der Waals surface area contributed by atoms with Gasteiger partial charge in [-0.05, 0) is 0 Å². The fraction of sp³-hybridized carbons (Fsp3) is 0.778. The van der Waals surface area contributed by atoms with Crippen molar-refractivity contribution >= 4 is 0 Å². The number of hydrogen-bond acceptors (Lipinski definition) is 5. The van der Waals surface area contributed by atoms with Crippen LogP contribution < -0.4 is 5.73 Å². The first kappa shape index (κ1) is 9.61. The summed E-state index contributed by atoms with van der Waals surface area (Å²) in [4.78, 5) is 4.30. The second-order valence-corrected chi connectivity index (χ2v) is 3.95. The maximum atomic E-state index is 5.84. The summed E-state index contributed by atoms with van der Waals surface area (Å²) in [5.41, 5.74) is 5.84. The lowest BCUT2D eigenvalue weighted by Crippen LogP contribution is -2.27. The fourth-order valence-electron chi connectivity index (χ4n) is 1.46. The molecular weight excluding hydrogens is 182 g/mol. The molecule has 0 bridgehead atoms. The Labute approximate surface area is 82.6 Å². The van der Waals surface area contributed by atoms with E-state index in [1.54, 1.807) is 0 Å². The molecule has 0 aromatic carbocycles. The fourth-order valence-corrected chi connectivity index (χ4v) is 1.46. The minimum Gasteiger partial charge on any atom is -0.379 e. The zero-order valence-corrected chi connectivity index (χ0v) is 8.43. The maximum absolute atomic E-state index is 5.84. The van der Waals surface area contributed by atoms with E-state index >= 15 is 0 Å². The van der Waals surface area contributed by atoms with E-state index in [2.05, 4.69) is 10.1 Å². The quantitative estimate of drug-likeness (QED) is 0.752. The third-order valence-electron chi connectivity index (χ3n) is 2.42. The largest absolute Gasteiger partial charge is 0.379 e. The van der Waals surface area contributed by atoms with Crippen LogP contribution in [0.1, 0.15) is 37.4 Å². The summed E-state index contributed by atoms with van der Waals surface area (Å²) in [6, 6.07) is -0.0181. The van der Waals surface area contributed by atoms with Gasteiger partial charge in [-0.1, -0.05) is 19.0 Å². The van der Waals surface area contributed by atoms with Gasteiger partial charge in [0.15, 0.2) is 5.82 Å². The highest BCUT2D eigenvalue weighted by Gasteiger charge is 2.31. The van der Waals surface area contributed by atoms with Crippen molar-refractivity contribution in [1.82, 2.24) is 10.1 Å². The van der Waals surface area contributed by atoms with Crippen LogP contribution >= 0.6 is 0 Å². The molecule has 2 N–H and O–H groups in total. The SMILES string of the molecule is CC(C)c1noc(C2COCC2N)n1. The van der Waals surface area contributed by atoms with Crippen molar-refractivity contribution in [3.63, 3.8) is 0 Å². The molecule has 0 spiro atoms. The van der Waals surface area contributed by atoms with Gasteiger partial charge in [0.05, 0.1) is 19.1 Å². The zero-order chi connectivity index (χ0) is 10.1.